The van der Waals surface area contributed by atoms with E-state index in [0.717, 1.165) is 97.8 Å². The van der Waals surface area contributed by atoms with Crippen molar-refractivity contribution in [2.24, 2.45) is 0 Å². The standard InChI is InChI=1S/C29H30N6O/c36-29(34-16-14-33(15-17-34)19-22-6-4-5-13-30-22)24-18-25(20-9-10-20)31-28-26(24)27(21-11-12-21)32-35(28)23-7-2-1-3-8-23/h1-8,13,18,20-21H,9-12,14-17,19H2. The zero-order chi connectivity index (χ0) is 24.1. The van der Waals surface area contributed by atoms with Gasteiger partial charge in [0.05, 0.1) is 28.0 Å². The topological polar surface area (TPSA) is 67.2 Å². The maximum atomic E-state index is 14.0. The number of rotatable bonds is 6. The monoisotopic (exact) mass is 478 g/mol. The van der Waals surface area contributed by atoms with Gasteiger partial charge in [0.2, 0.25) is 0 Å². The van der Waals surface area contributed by atoms with Gasteiger partial charge in [-0.3, -0.25) is 14.7 Å². The van der Waals surface area contributed by atoms with Crippen molar-refractivity contribution in [3.8, 4) is 5.69 Å². The van der Waals surface area contributed by atoms with Gasteiger partial charge in [-0.25, -0.2) is 9.67 Å². The number of carbonyl (C=O) groups excluding carboxylic acids is 1. The Balaban J connectivity index is 1.23. The molecule has 7 nitrogen and oxygen atoms in total. The summed E-state index contributed by atoms with van der Waals surface area (Å²) in [5, 5.41) is 6.02. The molecule has 1 aromatic carbocycles. The number of fused-ring (bicyclic) bond motifs is 1. The summed E-state index contributed by atoms with van der Waals surface area (Å²) in [5.41, 5.74) is 5.79. The summed E-state index contributed by atoms with van der Waals surface area (Å²) in [7, 11) is 0. The first-order valence-electron chi connectivity index (χ1n) is 13.1. The molecule has 1 aliphatic heterocycles. The molecule has 7 heteroatoms. The molecule has 0 unspecified atom stereocenters. The lowest BCUT2D eigenvalue weighted by atomic mass is 10.0. The number of nitrogens with zero attached hydrogens (tertiary/aromatic N) is 6. The number of benzene rings is 1. The Morgan fingerprint density at radius 1 is 0.889 bits per heavy atom. The molecule has 3 aliphatic rings. The third-order valence-electron chi connectivity index (χ3n) is 7.65. The minimum atomic E-state index is 0.122. The average Bonchev–Trinajstić information content (AvgIpc) is 3.87. The molecule has 0 bridgehead atoms. The molecule has 2 saturated carbocycles. The highest BCUT2D eigenvalue weighted by Crippen LogP contribution is 2.45. The Labute approximate surface area is 210 Å². The Hall–Kier alpha value is -3.58. The lowest BCUT2D eigenvalue weighted by Gasteiger charge is -2.34. The molecule has 3 fully saturated rings. The van der Waals surface area contributed by atoms with E-state index in [-0.39, 0.29) is 5.91 Å². The molecular formula is C29H30N6O. The number of aromatic nitrogens is 4. The van der Waals surface area contributed by atoms with Gasteiger partial charge in [-0.2, -0.15) is 5.10 Å². The summed E-state index contributed by atoms with van der Waals surface area (Å²) in [6, 6.07) is 18.3. The van der Waals surface area contributed by atoms with Gasteiger partial charge in [-0.15, -0.1) is 0 Å². The quantitative estimate of drug-likeness (QED) is 0.407. The van der Waals surface area contributed by atoms with E-state index < -0.39 is 0 Å². The summed E-state index contributed by atoms with van der Waals surface area (Å²) < 4.78 is 1.97. The number of hydrogen-bond donors (Lipinski definition) is 0. The van der Waals surface area contributed by atoms with E-state index in [2.05, 4.69) is 34.1 Å². The SMILES string of the molecule is O=C(c1cc(C2CC2)nc2c1c(C1CC1)nn2-c1ccccc1)N1CCN(Cc2ccccn2)CC1. The van der Waals surface area contributed by atoms with Crippen LogP contribution in [0.3, 0.4) is 0 Å². The Morgan fingerprint density at radius 2 is 1.64 bits per heavy atom. The van der Waals surface area contributed by atoms with E-state index in [1.54, 1.807) is 0 Å². The summed E-state index contributed by atoms with van der Waals surface area (Å²) in [6.07, 6.45) is 6.39. The van der Waals surface area contributed by atoms with Gasteiger partial charge >= 0.3 is 0 Å². The fourth-order valence-corrected chi connectivity index (χ4v) is 5.31. The van der Waals surface area contributed by atoms with Crippen molar-refractivity contribution in [3.05, 3.63) is 83.4 Å². The molecule has 4 heterocycles. The maximum absolute atomic E-state index is 14.0. The largest absolute Gasteiger partial charge is 0.336 e. The average molecular weight is 479 g/mol. The predicted octanol–water partition coefficient (Wildman–Crippen LogP) is 4.53. The van der Waals surface area contributed by atoms with Gasteiger partial charge in [-0.05, 0) is 56.0 Å². The molecule has 3 aromatic heterocycles. The van der Waals surface area contributed by atoms with Crippen molar-refractivity contribution >= 4 is 16.9 Å². The fourth-order valence-electron chi connectivity index (χ4n) is 5.31. The van der Waals surface area contributed by atoms with Crippen LogP contribution in [0.5, 0.6) is 0 Å². The number of piperazine rings is 1. The first-order valence-corrected chi connectivity index (χ1v) is 13.1. The summed E-state index contributed by atoms with van der Waals surface area (Å²) in [4.78, 5) is 28.0. The van der Waals surface area contributed by atoms with Crippen molar-refractivity contribution in [2.45, 2.75) is 44.1 Å². The van der Waals surface area contributed by atoms with Crippen LogP contribution >= 0.6 is 0 Å². The molecule has 1 amide bonds. The third kappa shape index (κ3) is 4.07. The van der Waals surface area contributed by atoms with E-state index in [0.29, 0.717) is 11.8 Å². The van der Waals surface area contributed by atoms with E-state index in [1.165, 1.54) is 0 Å². The van der Waals surface area contributed by atoms with E-state index in [4.69, 9.17) is 10.1 Å². The summed E-state index contributed by atoms with van der Waals surface area (Å²) in [5.74, 6) is 1.00. The summed E-state index contributed by atoms with van der Waals surface area (Å²) >= 11 is 0. The van der Waals surface area contributed by atoms with Crippen LogP contribution in [0.15, 0.2) is 60.8 Å². The molecule has 4 aromatic rings. The third-order valence-corrected chi connectivity index (χ3v) is 7.65. The van der Waals surface area contributed by atoms with Crippen LogP contribution in [0, 0.1) is 0 Å². The lowest BCUT2D eigenvalue weighted by molar-refractivity contribution is 0.0628. The molecule has 0 atom stereocenters. The van der Waals surface area contributed by atoms with Crippen LogP contribution in [-0.4, -0.2) is 61.6 Å². The van der Waals surface area contributed by atoms with E-state index >= 15 is 0 Å². The van der Waals surface area contributed by atoms with Gasteiger partial charge in [-0.1, -0.05) is 24.3 Å². The minimum absolute atomic E-state index is 0.122. The minimum Gasteiger partial charge on any atom is -0.336 e. The molecule has 0 N–H and O–H groups in total. The summed E-state index contributed by atoms with van der Waals surface area (Å²) in [6.45, 7) is 3.97. The van der Waals surface area contributed by atoms with E-state index in [1.807, 2.05) is 46.1 Å². The zero-order valence-corrected chi connectivity index (χ0v) is 20.4. The van der Waals surface area contributed by atoms with Crippen molar-refractivity contribution in [2.75, 3.05) is 26.2 Å². The molecule has 1 saturated heterocycles. The normalized spacial score (nSPS) is 18.6. The van der Waals surface area contributed by atoms with Crippen LogP contribution in [-0.2, 0) is 6.54 Å². The van der Waals surface area contributed by atoms with Gasteiger partial charge in [0.1, 0.15) is 0 Å². The van der Waals surface area contributed by atoms with Crippen LogP contribution in [0.2, 0.25) is 0 Å². The molecule has 0 spiro atoms. The number of carbonyl (C=O) groups is 1. The first kappa shape index (κ1) is 21.7. The van der Waals surface area contributed by atoms with Crippen LogP contribution in [0.1, 0.15) is 65.0 Å². The van der Waals surface area contributed by atoms with Gasteiger partial charge in [0.25, 0.3) is 5.91 Å². The van der Waals surface area contributed by atoms with Crippen LogP contribution in [0.25, 0.3) is 16.7 Å². The number of hydrogen-bond acceptors (Lipinski definition) is 5. The van der Waals surface area contributed by atoms with Crippen molar-refractivity contribution in [3.63, 3.8) is 0 Å². The van der Waals surface area contributed by atoms with Crippen molar-refractivity contribution in [1.82, 2.24) is 29.5 Å². The first-order chi connectivity index (χ1) is 17.7. The molecule has 7 rings (SSSR count). The van der Waals surface area contributed by atoms with Gasteiger partial charge in [0.15, 0.2) is 5.65 Å². The molecular weight excluding hydrogens is 448 g/mol. The van der Waals surface area contributed by atoms with E-state index in [9.17, 15) is 4.79 Å². The Morgan fingerprint density at radius 3 is 2.33 bits per heavy atom. The molecule has 2 aliphatic carbocycles. The number of amides is 1. The second-order valence-electron chi connectivity index (χ2n) is 10.4. The number of para-hydroxylation sites is 1. The molecule has 36 heavy (non-hydrogen) atoms. The van der Waals surface area contributed by atoms with Crippen LogP contribution < -0.4 is 0 Å². The smallest absolute Gasteiger partial charge is 0.254 e. The zero-order valence-electron chi connectivity index (χ0n) is 20.4. The molecule has 182 valence electrons. The highest BCUT2D eigenvalue weighted by Gasteiger charge is 2.35. The predicted molar refractivity (Wildman–Crippen MR) is 138 cm³/mol. The Bertz CT molecular complexity index is 1400. The molecule has 0 radical (unpaired) electrons. The fraction of sp³-hybridized carbons (Fsp3) is 0.379. The van der Waals surface area contributed by atoms with Gasteiger partial charge in [0, 0.05) is 56.5 Å². The lowest BCUT2D eigenvalue weighted by Crippen LogP contribution is -2.48. The van der Waals surface area contributed by atoms with Crippen molar-refractivity contribution in [1.29, 1.82) is 0 Å². The highest BCUT2D eigenvalue weighted by molar-refractivity contribution is 6.07. The second-order valence-corrected chi connectivity index (χ2v) is 10.4. The number of pyridine rings is 2. The second kappa shape index (κ2) is 8.82. The van der Waals surface area contributed by atoms with Crippen LogP contribution in [0.4, 0.5) is 0 Å². The highest BCUT2D eigenvalue weighted by atomic mass is 16.2. The Kier molecular flexibility index (Phi) is 5.31. The van der Waals surface area contributed by atoms with Crippen molar-refractivity contribution < 1.29 is 4.79 Å². The maximum Gasteiger partial charge on any atom is 0.254 e. The van der Waals surface area contributed by atoms with Gasteiger partial charge < -0.3 is 4.90 Å².